The van der Waals surface area contributed by atoms with Crippen LogP contribution in [0.3, 0.4) is 0 Å². The molecule has 1 aromatic heterocycles. The number of nitrogens with zero attached hydrogens (tertiary/aromatic N) is 1. The van der Waals surface area contributed by atoms with Gasteiger partial charge in [0.05, 0.1) is 5.69 Å². The van der Waals surface area contributed by atoms with Crippen molar-refractivity contribution in [3.8, 4) is 5.75 Å². The lowest BCUT2D eigenvalue weighted by molar-refractivity contribution is 0.166. The van der Waals surface area contributed by atoms with Crippen LogP contribution < -0.4 is 26.0 Å². The number of rotatable bonds is 1. The number of para-hydroxylation sites is 3. The van der Waals surface area contributed by atoms with Crippen molar-refractivity contribution in [2.24, 2.45) is 11.8 Å². The topological polar surface area (TPSA) is 42.7 Å². The van der Waals surface area contributed by atoms with E-state index in [1.54, 1.807) is 5.56 Å². The maximum absolute atomic E-state index is 14.0. The molecule has 4 nitrogen and oxygen atoms in total. The fourth-order valence-electron chi connectivity index (χ4n) is 10.1. The fourth-order valence-corrected chi connectivity index (χ4v) is 10.1. The highest BCUT2D eigenvalue weighted by Gasteiger charge is 2.47. The standard InChI is InChI=1S/C38H28BNO3/c41-38-40-31-10-3-2-8-28(31)39(30-9-5-7-25-24-6-1-4-11-32(24)42-37(25)30)29-13-12-26-34-23-17-20-14-21(18-23)16-22(15-20)27(34)19-33(43-38)35(26)36(29)40/h1-13,19-23H,14-18H2. The van der Waals surface area contributed by atoms with Crippen LogP contribution in [0.2, 0.25) is 0 Å². The van der Waals surface area contributed by atoms with Gasteiger partial charge in [-0.15, -0.1) is 0 Å². The molecule has 0 N–H and O–H groups in total. The zero-order valence-electron chi connectivity index (χ0n) is 23.7. The van der Waals surface area contributed by atoms with Crippen molar-refractivity contribution < 1.29 is 13.9 Å². The van der Waals surface area contributed by atoms with Gasteiger partial charge in [0.2, 0.25) is 0 Å². The molecule has 0 radical (unpaired) electrons. The lowest BCUT2D eigenvalue weighted by Gasteiger charge is -2.39. The minimum Gasteiger partial charge on any atom is -0.457 e. The van der Waals surface area contributed by atoms with Crippen LogP contribution in [0, 0.1) is 11.8 Å². The second-order valence-electron chi connectivity index (χ2n) is 13.6. The van der Waals surface area contributed by atoms with Gasteiger partial charge in [-0.2, -0.15) is 0 Å². The Balaban J connectivity index is 1.24. The highest BCUT2D eigenvalue weighted by Crippen LogP contribution is 2.59. The SMILES string of the molecule is O=C1Oc2cc3c(c4ccc5c(c24)N1c1ccccc1B5c1cccc2c1oc1ccccc12)C1CC2CC(CC3C2)C1. The Hall–Kier alpha value is -4.51. The maximum atomic E-state index is 14.0. The van der Waals surface area contributed by atoms with Gasteiger partial charge in [0.15, 0.2) is 0 Å². The van der Waals surface area contributed by atoms with Gasteiger partial charge in [0, 0.05) is 21.8 Å². The molecule has 1 amide bonds. The van der Waals surface area contributed by atoms with Crippen LogP contribution in [0.25, 0.3) is 32.7 Å². The molecule has 4 aliphatic carbocycles. The first-order chi connectivity index (χ1) is 21.2. The Morgan fingerprint density at radius 3 is 2.37 bits per heavy atom. The molecule has 3 heterocycles. The lowest BCUT2D eigenvalue weighted by atomic mass is 9.35. The second kappa shape index (κ2) is 7.90. The molecule has 12 rings (SSSR count). The van der Waals surface area contributed by atoms with Crippen molar-refractivity contribution in [1.82, 2.24) is 0 Å². The summed E-state index contributed by atoms with van der Waals surface area (Å²) in [7, 11) is 0. The molecule has 43 heavy (non-hydrogen) atoms. The molecular weight excluding hydrogens is 529 g/mol. The van der Waals surface area contributed by atoms with E-state index in [4.69, 9.17) is 9.15 Å². The van der Waals surface area contributed by atoms with Crippen LogP contribution in [0.15, 0.2) is 89.3 Å². The third-order valence-corrected chi connectivity index (χ3v) is 11.5. The molecule has 5 aromatic carbocycles. The van der Waals surface area contributed by atoms with Crippen molar-refractivity contribution in [3.63, 3.8) is 0 Å². The zero-order valence-corrected chi connectivity index (χ0v) is 23.7. The number of anilines is 2. The number of carbonyl (C=O) groups excluding carboxylic acids is 1. The van der Waals surface area contributed by atoms with E-state index in [1.807, 2.05) is 23.1 Å². The van der Waals surface area contributed by atoms with E-state index in [9.17, 15) is 4.79 Å². The van der Waals surface area contributed by atoms with Crippen LogP contribution >= 0.6 is 0 Å². The van der Waals surface area contributed by atoms with Gasteiger partial charge in [-0.05, 0) is 107 Å². The quantitative estimate of drug-likeness (QED) is 0.196. The summed E-state index contributed by atoms with van der Waals surface area (Å²) in [5.41, 5.74) is 10.1. The largest absolute Gasteiger partial charge is 0.457 e. The monoisotopic (exact) mass is 557 g/mol. The molecule has 2 unspecified atom stereocenters. The Morgan fingerprint density at radius 2 is 1.47 bits per heavy atom. The van der Waals surface area contributed by atoms with E-state index < -0.39 is 0 Å². The van der Waals surface area contributed by atoms with Crippen LogP contribution in [-0.4, -0.2) is 12.8 Å². The number of benzene rings is 5. The van der Waals surface area contributed by atoms with Gasteiger partial charge in [-0.1, -0.05) is 66.7 Å². The van der Waals surface area contributed by atoms with Crippen LogP contribution in [0.4, 0.5) is 16.2 Å². The Morgan fingerprint density at radius 1 is 0.698 bits per heavy atom. The number of carbonyl (C=O) groups is 1. The summed E-state index contributed by atoms with van der Waals surface area (Å²) in [6, 6.07) is 30.0. The molecule has 206 valence electrons. The van der Waals surface area contributed by atoms with E-state index in [0.29, 0.717) is 11.8 Å². The van der Waals surface area contributed by atoms with Crippen molar-refractivity contribution in [3.05, 3.63) is 96.1 Å². The average molecular weight is 557 g/mol. The summed E-state index contributed by atoms with van der Waals surface area (Å²) in [4.78, 5) is 15.8. The molecule has 2 saturated carbocycles. The molecule has 2 atom stereocenters. The first-order valence-corrected chi connectivity index (χ1v) is 15.9. The predicted molar refractivity (Wildman–Crippen MR) is 172 cm³/mol. The number of hydrogen-bond acceptors (Lipinski definition) is 3. The molecule has 2 fully saturated rings. The summed E-state index contributed by atoms with van der Waals surface area (Å²) in [5.74, 6) is 3.58. The third kappa shape index (κ3) is 2.86. The third-order valence-electron chi connectivity index (χ3n) is 11.5. The smallest absolute Gasteiger partial charge is 0.424 e. The fraction of sp³-hybridized carbons (Fsp3) is 0.237. The van der Waals surface area contributed by atoms with E-state index >= 15 is 0 Å². The van der Waals surface area contributed by atoms with E-state index in [-0.39, 0.29) is 12.8 Å². The Bertz CT molecular complexity index is 2220. The van der Waals surface area contributed by atoms with Gasteiger partial charge >= 0.3 is 6.09 Å². The maximum Gasteiger partial charge on any atom is 0.424 e. The van der Waals surface area contributed by atoms with Crippen LogP contribution in [-0.2, 0) is 0 Å². The summed E-state index contributed by atoms with van der Waals surface area (Å²) >= 11 is 0. The number of furan rings is 1. The summed E-state index contributed by atoms with van der Waals surface area (Å²) in [6.45, 7) is -0.0828. The van der Waals surface area contributed by atoms with E-state index in [0.717, 1.165) is 72.7 Å². The molecule has 4 bridgehead atoms. The molecule has 6 aliphatic rings. The minimum atomic E-state index is -0.312. The van der Waals surface area contributed by atoms with Gasteiger partial charge in [0.1, 0.15) is 16.9 Å². The van der Waals surface area contributed by atoms with Gasteiger partial charge < -0.3 is 9.15 Å². The molecule has 0 saturated heterocycles. The van der Waals surface area contributed by atoms with Gasteiger partial charge in [-0.25, -0.2) is 9.69 Å². The molecule has 2 aliphatic heterocycles. The number of ether oxygens (including phenoxy) is 1. The normalized spacial score (nSPS) is 24.4. The van der Waals surface area contributed by atoms with Crippen molar-refractivity contribution in [2.45, 2.75) is 43.9 Å². The highest BCUT2D eigenvalue weighted by atomic mass is 16.6. The number of hydrogen-bond donors (Lipinski definition) is 0. The number of amides is 1. The molecule has 0 spiro atoms. The van der Waals surface area contributed by atoms with Crippen LogP contribution in [0.1, 0.15) is 55.1 Å². The van der Waals surface area contributed by atoms with Crippen LogP contribution in [0.5, 0.6) is 5.75 Å². The molecule has 5 heteroatoms. The zero-order chi connectivity index (χ0) is 28.0. The summed E-state index contributed by atoms with van der Waals surface area (Å²) < 4.78 is 12.9. The Kier molecular flexibility index (Phi) is 4.23. The highest BCUT2D eigenvalue weighted by molar-refractivity contribution is 6.99. The van der Waals surface area contributed by atoms with E-state index in [1.165, 1.54) is 43.1 Å². The second-order valence-corrected chi connectivity index (χ2v) is 13.6. The number of fused-ring (bicyclic) bond motifs is 5. The van der Waals surface area contributed by atoms with E-state index in [2.05, 4.69) is 66.7 Å². The van der Waals surface area contributed by atoms with Gasteiger partial charge in [0.25, 0.3) is 6.71 Å². The van der Waals surface area contributed by atoms with Crippen molar-refractivity contribution in [2.75, 3.05) is 4.90 Å². The summed E-state index contributed by atoms with van der Waals surface area (Å²) in [5, 5.41) is 4.65. The molecular formula is C38H28BNO3. The Labute approximate surface area is 249 Å². The lowest BCUT2D eigenvalue weighted by Crippen LogP contribution is -2.59. The predicted octanol–water partition coefficient (Wildman–Crippen LogP) is 7.61. The summed E-state index contributed by atoms with van der Waals surface area (Å²) in [6.07, 6.45) is 6.26. The minimum absolute atomic E-state index is 0.0828. The van der Waals surface area contributed by atoms with Crippen molar-refractivity contribution >= 4 is 73.3 Å². The van der Waals surface area contributed by atoms with Crippen molar-refractivity contribution in [1.29, 1.82) is 0 Å². The molecule has 6 aromatic rings. The van der Waals surface area contributed by atoms with Gasteiger partial charge in [-0.3, -0.25) is 0 Å². The first-order valence-electron chi connectivity index (χ1n) is 15.9. The first kappa shape index (κ1) is 23.0. The average Bonchev–Trinajstić information content (AvgIpc) is 3.33.